The van der Waals surface area contributed by atoms with E-state index in [9.17, 15) is 0 Å². The molecule has 0 aromatic heterocycles. The third-order valence-corrected chi connectivity index (χ3v) is 3.29. The first-order valence-electron chi connectivity index (χ1n) is 5.73. The molecule has 0 heterocycles. The van der Waals surface area contributed by atoms with Crippen LogP contribution in [0.1, 0.15) is 39.0 Å². The molecule has 0 spiro atoms. The molecule has 0 radical (unpaired) electrons. The molecule has 1 aliphatic carbocycles. The lowest BCUT2D eigenvalue weighted by Gasteiger charge is -2.31. The molecule has 1 saturated carbocycles. The normalized spacial score (nSPS) is 17.0. The van der Waals surface area contributed by atoms with Crippen LogP contribution in [0.2, 0.25) is 0 Å². The highest BCUT2D eigenvalue weighted by Crippen LogP contribution is 2.26. The molecule has 1 fully saturated rings. The second-order valence-electron chi connectivity index (χ2n) is 4.26. The predicted octanol–water partition coefficient (Wildman–Crippen LogP) is 2.17. The van der Waals surface area contributed by atoms with Crippen LogP contribution in [-0.2, 0) is 0 Å². The van der Waals surface area contributed by atoms with E-state index in [4.69, 9.17) is 18.0 Å². The average Bonchev–Trinajstić information content (AvgIpc) is 2.07. The number of hydrogen-bond donors (Lipinski definition) is 1. The smallest absolute Gasteiger partial charge is 0.0727 e. The van der Waals surface area contributed by atoms with Crippen molar-refractivity contribution in [3.05, 3.63) is 0 Å². The molecule has 1 rings (SSSR count). The number of nitrogens with two attached hydrogens (primary N) is 1. The molecule has 0 unspecified atom stereocenters. The van der Waals surface area contributed by atoms with Crippen molar-refractivity contribution in [1.29, 1.82) is 0 Å². The molecular weight excluding hydrogens is 192 g/mol. The van der Waals surface area contributed by atoms with Gasteiger partial charge in [-0.2, -0.15) is 0 Å². The van der Waals surface area contributed by atoms with E-state index in [0.717, 1.165) is 31.8 Å². The molecule has 0 saturated heterocycles. The van der Waals surface area contributed by atoms with Gasteiger partial charge in [0.2, 0.25) is 0 Å². The lowest BCUT2D eigenvalue weighted by Crippen LogP contribution is -2.33. The Morgan fingerprint density at radius 1 is 1.50 bits per heavy atom. The highest BCUT2D eigenvalue weighted by Gasteiger charge is 2.19. The molecule has 0 aromatic rings. The molecule has 0 atom stereocenters. The minimum Gasteiger partial charge on any atom is -0.393 e. The van der Waals surface area contributed by atoms with E-state index in [2.05, 4.69) is 11.8 Å². The monoisotopic (exact) mass is 214 g/mol. The lowest BCUT2D eigenvalue weighted by molar-refractivity contribution is 0.183. The maximum atomic E-state index is 5.47. The van der Waals surface area contributed by atoms with Crippen molar-refractivity contribution in [3.8, 4) is 0 Å². The molecule has 14 heavy (non-hydrogen) atoms. The maximum absolute atomic E-state index is 5.47. The molecule has 0 aromatic carbocycles. The van der Waals surface area contributed by atoms with Crippen LogP contribution in [0.3, 0.4) is 0 Å². The molecule has 2 nitrogen and oxygen atoms in total. The topological polar surface area (TPSA) is 29.3 Å². The van der Waals surface area contributed by atoms with Crippen molar-refractivity contribution in [2.24, 2.45) is 11.7 Å². The highest BCUT2D eigenvalue weighted by molar-refractivity contribution is 7.80. The van der Waals surface area contributed by atoms with Gasteiger partial charge in [-0.15, -0.1) is 0 Å². The minimum atomic E-state index is 0.657. The molecule has 2 N–H and O–H groups in total. The first-order valence-corrected chi connectivity index (χ1v) is 6.14. The summed E-state index contributed by atoms with van der Waals surface area (Å²) in [5, 5.41) is 0. The van der Waals surface area contributed by atoms with Crippen molar-refractivity contribution < 1.29 is 0 Å². The van der Waals surface area contributed by atoms with Gasteiger partial charge in [0, 0.05) is 6.54 Å². The molecule has 0 bridgehead atoms. The van der Waals surface area contributed by atoms with Crippen LogP contribution in [0.25, 0.3) is 0 Å². The maximum Gasteiger partial charge on any atom is 0.0727 e. The largest absolute Gasteiger partial charge is 0.393 e. The van der Waals surface area contributed by atoms with E-state index >= 15 is 0 Å². The van der Waals surface area contributed by atoms with E-state index in [1.807, 2.05) is 0 Å². The Morgan fingerprint density at radius 3 is 2.64 bits per heavy atom. The Bertz CT molecular complexity index is 178. The van der Waals surface area contributed by atoms with Gasteiger partial charge in [0.1, 0.15) is 0 Å². The summed E-state index contributed by atoms with van der Waals surface area (Å²) >= 11 is 4.86. The van der Waals surface area contributed by atoms with Crippen molar-refractivity contribution in [2.75, 3.05) is 19.6 Å². The SMILES string of the molecule is CCN(CCCC(N)=S)CC1CCC1. The fourth-order valence-electron chi connectivity index (χ4n) is 1.90. The fraction of sp³-hybridized carbons (Fsp3) is 0.909. The van der Waals surface area contributed by atoms with E-state index in [1.165, 1.54) is 25.8 Å². The summed E-state index contributed by atoms with van der Waals surface area (Å²) in [7, 11) is 0. The molecular formula is C11H22N2S. The average molecular weight is 214 g/mol. The van der Waals surface area contributed by atoms with E-state index in [0.29, 0.717) is 4.99 Å². The zero-order valence-electron chi connectivity index (χ0n) is 9.17. The minimum absolute atomic E-state index is 0.657. The van der Waals surface area contributed by atoms with Gasteiger partial charge < -0.3 is 10.6 Å². The lowest BCUT2D eigenvalue weighted by atomic mass is 9.85. The van der Waals surface area contributed by atoms with Crippen molar-refractivity contribution >= 4 is 17.2 Å². The molecule has 3 heteroatoms. The van der Waals surface area contributed by atoms with Crippen LogP contribution in [-0.4, -0.2) is 29.5 Å². The second-order valence-corrected chi connectivity index (χ2v) is 4.78. The van der Waals surface area contributed by atoms with Crippen molar-refractivity contribution in [2.45, 2.75) is 39.0 Å². The van der Waals surface area contributed by atoms with Gasteiger partial charge in [0.25, 0.3) is 0 Å². The van der Waals surface area contributed by atoms with Gasteiger partial charge in [0.15, 0.2) is 0 Å². The number of hydrogen-bond acceptors (Lipinski definition) is 2. The van der Waals surface area contributed by atoms with Crippen LogP contribution in [0, 0.1) is 5.92 Å². The molecule has 0 aliphatic heterocycles. The van der Waals surface area contributed by atoms with Gasteiger partial charge in [0.05, 0.1) is 4.99 Å². The summed E-state index contributed by atoms with van der Waals surface area (Å²) in [6.07, 6.45) is 6.33. The summed E-state index contributed by atoms with van der Waals surface area (Å²) in [6, 6.07) is 0. The van der Waals surface area contributed by atoms with Crippen LogP contribution < -0.4 is 5.73 Å². The predicted molar refractivity (Wildman–Crippen MR) is 65.5 cm³/mol. The van der Waals surface area contributed by atoms with Crippen LogP contribution in [0.4, 0.5) is 0 Å². The quantitative estimate of drug-likeness (QED) is 0.659. The summed E-state index contributed by atoms with van der Waals surface area (Å²) in [5.74, 6) is 0.972. The first kappa shape index (κ1) is 11.9. The second kappa shape index (κ2) is 6.36. The third-order valence-electron chi connectivity index (χ3n) is 3.09. The molecule has 1 aliphatic rings. The Kier molecular flexibility index (Phi) is 5.41. The van der Waals surface area contributed by atoms with Gasteiger partial charge >= 0.3 is 0 Å². The van der Waals surface area contributed by atoms with Gasteiger partial charge in [-0.1, -0.05) is 25.6 Å². The summed E-state index contributed by atoms with van der Waals surface area (Å²) in [4.78, 5) is 3.19. The number of rotatable bonds is 7. The zero-order chi connectivity index (χ0) is 10.4. The number of thiocarbonyl (C=S) groups is 1. The summed E-state index contributed by atoms with van der Waals surface area (Å²) in [6.45, 7) is 5.84. The summed E-state index contributed by atoms with van der Waals surface area (Å²) in [5.41, 5.74) is 5.47. The van der Waals surface area contributed by atoms with Crippen molar-refractivity contribution in [3.63, 3.8) is 0 Å². The van der Waals surface area contributed by atoms with Gasteiger partial charge in [-0.05, 0) is 44.7 Å². The fourth-order valence-corrected chi connectivity index (χ4v) is 2.04. The Balaban J connectivity index is 2.07. The summed E-state index contributed by atoms with van der Waals surface area (Å²) < 4.78 is 0. The van der Waals surface area contributed by atoms with Gasteiger partial charge in [-0.25, -0.2) is 0 Å². The van der Waals surface area contributed by atoms with Crippen LogP contribution >= 0.6 is 12.2 Å². The third kappa shape index (κ3) is 4.38. The number of nitrogens with zero attached hydrogens (tertiary/aromatic N) is 1. The van der Waals surface area contributed by atoms with E-state index in [1.54, 1.807) is 0 Å². The van der Waals surface area contributed by atoms with E-state index < -0.39 is 0 Å². The Hall–Kier alpha value is -0.150. The zero-order valence-corrected chi connectivity index (χ0v) is 9.98. The Morgan fingerprint density at radius 2 is 2.21 bits per heavy atom. The van der Waals surface area contributed by atoms with Crippen LogP contribution in [0.15, 0.2) is 0 Å². The first-order chi connectivity index (χ1) is 6.72. The van der Waals surface area contributed by atoms with E-state index in [-0.39, 0.29) is 0 Å². The van der Waals surface area contributed by atoms with Crippen LogP contribution in [0.5, 0.6) is 0 Å². The van der Waals surface area contributed by atoms with Gasteiger partial charge in [-0.3, -0.25) is 0 Å². The van der Waals surface area contributed by atoms with Crippen molar-refractivity contribution in [1.82, 2.24) is 4.90 Å². The Labute approximate surface area is 92.8 Å². The highest BCUT2D eigenvalue weighted by atomic mass is 32.1. The molecule has 0 amide bonds. The molecule has 82 valence electrons. The standard InChI is InChI=1S/C11H22N2S/c1-2-13(8-4-7-11(12)14)9-10-5-3-6-10/h10H,2-9H2,1H3,(H2,12,14).